The van der Waals surface area contributed by atoms with Gasteiger partial charge in [0.2, 0.25) is 5.91 Å². The number of benzene rings is 1. The zero-order valence-corrected chi connectivity index (χ0v) is 9.40. The Morgan fingerprint density at radius 1 is 1.41 bits per heavy atom. The lowest BCUT2D eigenvalue weighted by atomic mass is 10.1. The van der Waals surface area contributed by atoms with Crippen LogP contribution in [0.15, 0.2) is 34.9 Å². The first kappa shape index (κ1) is 10.4. The Kier molecular flexibility index (Phi) is 2.19. The van der Waals surface area contributed by atoms with Gasteiger partial charge >= 0.3 is 0 Å². The fourth-order valence-corrected chi connectivity index (χ4v) is 2.07. The number of rotatable bonds is 4. The minimum absolute atomic E-state index is 0.259. The first-order chi connectivity index (χ1) is 8.21. The van der Waals surface area contributed by atoms with Crippen molar-refractivity contribution in [1.29, 1.82) is 0 Å². The Balaban J connectivity index is 1.80. The molecule has 0 radical (unpaired) electrons. The smallest absolute Gasteiger partial charge is 0.237 e. The van der Waals surface area contributed by atoms with Crippen molar-refractivity contribution in [2.75, 3.05) is 0 Å². The van der Waals surface area contributed by atoms with Crippen LogP contribution in [0.5, 0.6) is 0 Å². The molecule has 1 fully saturated rings. The van der Waals surface area contributed by atoms with Crippen LogP contribution in [0.3, 0.4) is 0 Å². The van der Waals surface area contributed by atoms with E-state index in [0.29, 0.717) is 6.54 Å². The summed E-state index contributed by atoms with van der Waals surface area (Å²) in [5, 5.41) is 4.31. The summed E-state index contributed by atoms with van der Waals surface area (Å²) >= 11 is 0. The highest BCUT2D eigenvalue weighted by Gasteiger charge is 2.48. The summed E-state index contributed by atoms with van der Waals surface area (Å²) in [5.74, 6) is -0.259. The topological polar surface area (TPSA) is 68.3 Å². The van der Waals surface area contributed by atoms with Gasteiger partial charge in [-0.15, -0.1) is 0 Å². The second-order valence-electron chi connectivity index (χ2n) is 4.56. The monoisotopic (exact) mass is 230 g/mol. The third-order valence-electron chi connectivity index (χ3n) is 3.40. The van der Waals surface area contributed by atoms with E-state index in [9.17, 15) is 4.79 Å². The number of primary amides is 1. The van der Waals surface area contributed by atoms with Gasteiger partial charge in [-0.3, -0.25) is 10.1 Å². The highest BCUT2D eigenvalue weighted by molar-refractivity contribution is 5.88. The molecule has 0 unspecified atom stereocenters. The van der Waals surface area contributed by atoms with Crippen LogP contribution in [0.1, 0.15) is 18.4 Å². The molecule has 0 bridgehead atoms. The van der Waals surface area contributed by atoms with Crippen LogP contribution in [0.25, 0.3) is 11.0 Å². The van der Waals surface area contributed by atoms with Crippen LogP contribution >= 0.6 is 0 Å². The van der Waals surface area contributed by atoms with Gasteiger partial charge in [-0.2, -0.15) is 0 Å². The maximum absolute atomic E-state index is 11.2. The molecule has 0 spiro atoms. The minimum Gasteiger partial charge on any atom is -0.464 e. The molecular weight excluding hydrogens is 216 g/mol. The van der Waals surface area contributed by atoms with Crippen molar-refractivity contribution in [3.05, 3.63) is 36.1 Å². The molecular formula is C13H14N2O2. The van der Waals surface area contributed by atoms with Crippen LogP contribution < -0.4 is 11.1 Å². The third-order valence-corrected chi connectivity index (χ3v) is 3.40. The van der Waals surface area contributed by atoms with E-state index in [1.807, 2.05) is 24.3 Å². The summed E-state index contributed by atoms with van der Waals surface area (Å²) in [6.45, 7) is 0.611. The number of hydrogen-bond acceptors (Lipinski definition) is 3. The molecule has 3 N–H and O–H groups in total. The van der Waals surface area contributed by atoms with Crippen molar-refractivity contribution in [3.8, 4) is 0 Å². The second-order valence-corrected chi connectivity index (χ2v) is 4.56. The molecule has 0 saturated heterocycles. The van der Waals surface area contributed by atoms with E-state index < -0.39 is 5.54 Å². The Morgan fingerprint density at radius 3 is 2.88 bits per heavy atom. The number of carbonyl (C=O) groups is 1. The SMILES string of the molecule is NC(=O)C1(NCc2coc3ccccc23)CC1. The van der Waals surface area contributed by atoms with Crippen molar-refractivity contribution in [2.24, 2.45) is 5.73 Å². The molecule has 1 aromatic carbocycles. The van der Waals surface area contributed by atoms with Crippen molar-refractivity contribution in [3.63, 3.8) is 0 Å². The fourth-order valence-electron chi connectivity index (χ4n) is 2.07. The van der Waals surface area contributed by atoms with Crippen LogP contribution in [0, 0.1) is 0 Å². The minimum atomic E-state index is -0.474. The van der Waals surface area contributed by atoms with Gasteiger partial charge in [0.15, 0.2) is 0 Å². The summed E-state index contributed by atoms with van der Waals surface area (Å²) in [5.41, 5.74) is 6.82. The number of para-hydroxylation sites is 1. The zero-order valence-electron chi connectivity index (χ0n) is 9.40. The van der Waals surface area contributed by atoms with E-state index in [1.54, 1.807) is 6.26 Å². The Labute approximate surface area is 98.8 Å². The molecule has 1 aromatic heterocycles. The van der Waals surface area contributed by atoms with E-state index in [1.165, 1.54) is 0 Å². The van der Waals surface area contributed by atoms with E-state index in [0.717, 1.165) is 29.4 Å². The van der Waals surface area contributed by atoms with E-state index in [4.69, 9.17) is 10.2 Å². The molecule has 2 aromatic rings. The number of fused-ring (bicyclic) bond motifs is 1. The number of amides is 1. The van der Waals surface area contributed by atoms with Gasteiger partial charge in [-0.25, -0.2) is 0 Å². The van der Waals surface area contributed by atoms with Gasteiger partial charge in [0.25, 0.3) is 0 Å². The predicted molar refractivity (Wildman–Crippen MR) is 64.2 cm³/mol. The molecule has 88 valence electrons. The third kappa shape index (κ3) is 1.70. The zero-order chi connectivity index (χ0) is 11.9. The van der Waals surface area contributed by atoms with E-state index >= 15 is 0 Å². The molecule has 1 aliphatic carbocycles. The summed E-state index contributed by atoms with van der Waals surface area (Å²) in [6.07, 6.45) is 3.39. The molecule has 1 aliphatic rings. The number of hydrogen-bond donors (Lipinski definition) is 2. The lowest BCUT2D eigenvalue weighted by Crippen LogP contribution is -2.43. The van der Waals surface area contributed by atoms with Gasteiger partial charge in [0.05, 0.1) is 11.8 Å². The van der Waals surface area contributed by atoms with E-state index in [2.05, 4.69) is 5.32 Å². The molecule has 3 rings (SSSR count). The van der Waals surface area contributed by atoms with Crippen molar-refractivity contribution in [1.82, 2.24) is 5.32 Å². The lowest BCUT2D eigenvalue weighted by Gasteiger charge is -2.12. The first-order valence-corrected chi connectivity index (χ1v) is 5.71. The molecule has 1 saturated carbocycles. The van der Waals surface area contributed by atoms with Crippen LogP contribution in [-0.4, -0.2) is 11.4 Å². The molecule has 17 heavy (non-hydrogen) atoms. The van der Waals surface area contributed by atoms with Crippen LogP contribution in [-0.2, 0) is 11.3 Å². The first-order valence-electron chi connectivity index (χ1n) is 5.71. The number of nitrogens with one attached hydrogen (secondary N) is 1. The average molecular weight is 230 g/mol. The van der Waals surface area contributed by atoms with Crippen LogP contribution in [0.4, 0.5) is 0 Å². The maximum atomic E-state index is 11.2. The summed E-state index contributed by atoms with van der Waals surface area (Å²) < 4.78 is 5.44. The number of nitrogens with two attached hydrogens (primary N) is 1. The number of carbonyl (C=O) groups excluding carboxylic acids is 1. The predicted octanol–water partition coefficient (Wildman–Crippen LogP) is 1.54. The largest absolute Gasteiger partial charge is 0.464 e. The summed E-state index contributed by atoms with van der Waals surface area (Å²) in [4.78, 5) is 11.2. The van der Waals surface area contributed by atoms with Gasteiger partial charge < -0.3 is 10.2 Å². The average Bonchev–Trinajstić information content (AvgIpc) is 3.02. The Bertz CT molecular complexity index is 570. The van der Waals surface area contributed by atoms with Crippen molar-refractivity contribution >= 4 is 16.9 Å². The molecule has 4 nitrogen and oxygen atoms in total. The van der Waals surface area contributed by atoms with Gasteiger partial charge in [-0.05, 0) is 18.9 Å². The van der Waals surface area contributed by atoms with Gasteiger partial charge in [0.1, 0.15) is 5.58 Å². The molecule has 0 aliphatic heterocycles. The standard InChI is InChI=1S/C13H14N2O2/c14-12(16)13(5-6-13)15-7-9-8-17-11-4-2-1-3-10(9)11/h1-4,8,15H,5-7H2,(H2,14,16). The van der Waals surface area contributed by atoms with Crippen molar-refractivity contribution < 1.29 is 9.21 Å². The van der Waals surface area contributed by atoms with Gasteiger partial charge in [0, 0.05) is 17.5 Å². The lowest BCUT2D eigenvalue weighted by molar-refractivity contribution is -0.121. The maximum Gasteiger partial charge on any atom is 0.237 e. The highest BCUT2D eigenvalue weighted by Crippen LogP contribution is 2.35. The normalized spacial score (nSPS) is 17.2. The number of furan rings is 1. The van der Waals surface area contributed by atoms with Crippen molar-refractivity contribution in [2.45, 2.75) is 24.9 Å². The highest BCUT2D eigenvalue weighted by atomic mass is 16.3. The Morgan fingerprint density at radius 2 is 2.18 bits per heavy atom. The van der Waals surface area contributed by atoms with Gasteiger partial charge in [-0.1, -0.05) is 18.2 Å². The molecule has 1 amide bonds. The fraction of sp³-hybridized carbons (Fsp3) is 0.308. The summed E-state index contributed by atoms with van der Waals surface area (Å²) in [6, 6.07) is 7.86. The summed E-state index contributed by atoms with van der Waals surface area (Å²) in [7, 11) is 0. The quantitative estimate of drug-likeness (QED) is 0.837. The molecule has 0 atom stereocenters. The molecule has 4 heteroatoms. The second kappa shape index (κ2) is 3.60. The molecule has 1 heterocycles. The van der Waals surface area contributed by atoms with Crippen LogP contribution in [0.2, 0.25) is 0 Å². The Hall–Kier alpha value is -1.81. The van der Waals surface area contributed by atoms with E-state index in [-0.39, 0.29) is 5.91 Å².